The summed E-state index contributed by atoms with van der Waals surface area (Å²) in [7, 11) is 0. The molecule has 93 heavy (non-hydrogen) atoms. The van der Waals surface area contributed by atoms with Crippen LogP contribution in [0.15, 0.2) is 60.7 Å². The standard InChI is InChI=1S/C33H43ClN4O9.C24H37N3O8.C8H8ClN.ClH/c1-5-45-29(41)33-16-21(33)10-7-13-44-14-8-12-25(35-30(42)47-32(2,3)4)28(40)38-18-22(15-26(38)27(39)36-33)46-31(43)37-17-20-9-6-11-24(34)23(20)19-37;1-5-34-21(31)24-13-15(24)8-6-10-33-11-7-9-17(25-22(32)35-23(2,3)4)20(30)27-14-16(28)12-18(27)19(29)26-24;9-8-3-1-2-6-4-10-5-7(6)8;/h6-7,9-11,21-22,25-26H,5,8,12-19H2,1-4H3,(H,35,42)(H,36,39);6,8,15-18,28H,5,7,9-14H2,1-4H3,(H,25,32)(H,26,29);1-3,10H,4-5H2;1H/b10-7-;8-6-;;/t21-,22-,25+,26+,33-;15-,16-,17+,18+,24-;;/m11../s1. The molecule has 0 spiro atoms. The summed E-state index contributed by atoms with van der Waals surface area (Å²) < 4.78 is 38.4. The van der Waals surface area contributed by atoms with Gasteiger partial charge in [0, 0.05) is 74.1 Å². The first-order chi connectivity index (χ1) is 43.6. The first kappa shape index (κ1) is 73.7. The number of fused-ring (bicyclic) bond motifs is 6. The number of alkyl carbamates (subject to hydrolysis) is 2. The molecule has 2 aromatic rings. The fourth-order valence-electron chi connectivity index (χ4n) is 12.1. The van der Waals surface area contributed by atoms with Crippen molar-refractivity contribution in [3.8, 4) is 0 Å². The molecule has 2 saturated carbocycles. The monoisotopic (exact) mass is 1360 g/mol. The number of aliphatic hydroxyl groups is 1. The summed E-state index contributed by atoms with van der Waals surface area (Å²) in [6.45, 7) is 17.5. The Kier molecular flexibility index (Phi) is 25.5. The van der Waals surface area contributed by atoms with Gasteiger partial charge in [-0.25, -0.2) is 24.0 Å². The van der Waals surface area contributed by atoms with Crippen LogP contribution in [-0.2, 0) is 88.1 Å². The van der Waals surface area contributed by atoms with E-state index in [9.17, 15) is 48.3 Å². The van der Waals surface area contributed by atoms with Crippen LogP contribution in [0.3, 0.4) is 0 Å². The van der Waals surface area contributed by atoms with Crippen LogP contribution in [-0.4, -0.2) is 185 Å². The van der Waals surface area contributed by atoms with Gasteiger partial charge in [-0.2, -0.15) is 0 Å². The van der Waals surface area contributed by atoms with E-state index in [1.54, 1.807) is 73.6 Å². The lowest BCUT2D eigenvalue weighted by Crippen LogP contribution is -2.56. The third-order valence-corrected chi connectivity index (χ3v) is 17.4. The summed E-state index contributed by atoms with van der Waals surface area (Å²) in [6, 6.07) is 7.42. The lowest BCUT2D eigenvalue weighted by molar-refractivity contribution is -0.150. The molecule has 2 aliphatic carbocycles. The van der Waals surface area contributed by atoms with Gasteiger partial charge < -0.3 is 74.6 Å². The van der Waals surface area contributed by atoms with Crippen LogP contribution < -0.4 is 26.6 Å². The van der Waals surface area contributed by atoms with E-state index >= 15 is 0 Å². The zero-order chi connectivity index (χ0) is 66.7. The number of aliphatic hydroxyl groups excluding tert-OH is 1. The summed E-state index contributed by atoms with van der Waals surface area (Å²) in [5.74, 6) is -3.83. The molecule has 6 heterocycles. The minimum Gasteiger partial charge on any atom is -0.464 e. The number of carbonyl (C=O) groups is 9. The number of amides is 7. The Morgan fingerprint density at radius 2 is 1.15 bits per heavy atom. The molecule has 25 nitrogen and oxygen atoms in total. The smallest absolute Gasteiger partial charge is 0.410 e. The third-order valence-electron chi connectivity index (χ3n) is 16.7. The third kappa shape index (κ3) is 19.2. The molecule has 10 rings (SSSR count). The average Bonchev–Trinajstić information content (AvgIpc) is 1.59. The fraction of sp³-hybridized carbons (Fsp3) is 0.615. The van der Waals surface area contributed by atoms with Crippen molar-refractivity contribution in [3.63, 3.8) is 0 Å². The van der Waals surface area contributed by atoms with Crippen molar-refractivity contribution in [3.05, 3.63) is 93.0 Å². The minimum absolute atomic E-state index is 0. The minimum atomic E-state index is -1.29. The normalized spacial score (nSPS) is 28.4. The number of rotatable bonds is 7. The number of hydrogen-bond acceptors (Lipinski definition) is 18. The molecule has 0 aromatic heterocycles. The molecular weight excluding hydrogens is 1270 g/mol. The molecule has 2 aromatic carbocycles. The number of carbonyl (C=O) groups excluding carboxylic acids is 9. The highest BCUT2D eigenvalue weighted by molar-refractivity contribution is 6.31. The van der Waals surface area contributed by atoms with Crippen molar-refractivity contribution in [2.75, 3.05) is 52.7 Å². The zero-order valence-corrected chi connectivity index (χ0v) is 56.3. The van der Waals surface area contributed by atoms with Crippen molar-refractivity contribution >= 4 is 89.5 Å². The lowest BCUT2D eigenvalue weighted by Gasteiger charge is -2.30. The Bertz CT molecular complexity index is 3120. The van der Waals surface area contributed by atoms with Gasteiger partial charge in [-0.1, -0.05) is 71.8 Å². The van der Waals surface area contributed by atoms with Gasteiger partial charge in [0.1, 0.15) is 52.6 Å². The van der Waals surface area contributed by atoms with Crippen molar-refractivity contribution in [2.24, 2.45) is 11.8 Å². The predicted molar refractivity (Wildman–Crippen MR) is 342 cm³/mol. The van der Waals surface area contributed by atoms with Gasteiger partial charge in [0.05, 0.1) is 45.6 Å². The molecule has 0 radical (unpaired) electrons. The van der Waals surface area contributed by atoms with Crippen molar-refractivity contribution in [1.82, 2.24) is 41.3 Å². The second-order valence-electron chi connectivity index (χ2n) is 26.0. The van der Waals surface area contributed by atoms with Gasteiger partial charge in [-0.3, -0.25) is 24.1 Å². The van der Waals surface area contributed by atoms with Crippen LogP contribution in [0.5, 0.6) is 0 Å². The summed E-state index contributed by atoms with van der Waals surface area (Å²) in [4.78, 5) is 123. The van der Waals surface area contributed by atoms with E-state index in [-0.39, 0.29) is 89.4 Å². The number of hydrogen-bond donors (Lipinski definition) is 6. The molecule has 7 amide bonds. The molecule has 10 atom stereocenters. The topological polar surface area (TPSA) is 308 Å². The van der Waals surface area contributed by atoms with Gasteiger partial charge in [-0.05, 0) is 128 Å². The van der Waals surface area contributed by atoms with Crippen LogP contribution in [0.1, 0.15) is 129 Å². The Morgan fingerprint density at radius 1 is 0.667 bits per heavy atom. The Morgan fingerprint density at radius 3 is 1.63 bits per heavy atom. The first-order valence-corrected chi connectivity index (χ1v) is 32.4. The number of halogens is 3. The second kappa shape index (κ2) is 32.1. The van der Waals surface area contributed by atoms with E-state index in [1.807, 2.05) is 36.4 Å². The highest BCUT2D eigenvalue weighted by Gasteiger charge is 2.63. The van der Waals surface area contributed by atoms with Gasteiger partial charge in [0.25, 0.3) is 0 Å². The van der Waals surface area contributed by atoms with E-state index in [0.717, 1.165) is 29.2 Å². The maximum absolute atomic E-state index is 14.2. The van der Waals surface area contributed by atoms with E-state index in [1.165, 1.54) is 25.8 Å². The van der Waals surface area contributed by atoms with Gasteiger partial charge in [0.2, 0.25) is 23.6 Å². The Balaban J connectivity index is 0.000000233. The summed E-state index contributed by atoms with van der Waals surface area (Å²) in [5.41, 5.74) is 0.313. The van der Waals surface area contributed by atoms with Crippen LogP contribution in [0.2, 0.25) is 10.0 Å². The molecular formula is C65H89Cl3N8O17. The molecule has 4 fully saturated rings. The largest absolute Gasteiger partial charge is 0.464 e. The maximum Gasteiger partial charge on any atom is 0.410 e. The molecule has 2 saturated heterocycles. The van der Waals surface area contributed by atoms with E-state index < -0.39 is 113 Å². The second-order valence-corrected chi connectivity index (χ2v) is 26.8. The van der Waals surface area contributed by atoms with Crippen LogP contribution >= 0.6 is 35.6 Å². The average molecular weight is 1360 g/mol. The molecule has 0 unspecified atom stereocenters. The van der Waals surface area contributed by atoms with E-state index in [4.69, 9.17) is 56.4 Å². The Labute approximate surface area is 558 Å². The summed E-state index contributed by atoms with van der Waals surface area (Å²) in [6.07, 6.45) is 5.46. The van der Waals surface area contributed by atoms with Crippen molar-refractivity contribution < 1.29 is 81.4 Å². The quantitative estimate of drug-likeness (QED) is 0.0983. The van der Waals surface area contributed by atoms with Gasteiger partial charge in [0.15, 0.2) is 0 Å². The molecule has 6 aliphatic heterocycles. The molecule has 8 aliphatic rings. The molecule has 28 heteroatoms. The van der Waals surface area contributed by atoms with Crippen molar-refractivity contribution in [1.29, 1.82) is 0 Å². The van der Waals surface area contributed by atoms with Crippen LogP contribution in [0.4, 0.5) is 14.4 Å². The lowest BCUT2D eigenvalue weighted by atomic mass is 10.1. The molecule has 0 bridgehead atoms. The van der Waals surface area contributed by atoms with Gasteiger partial charge in [-0.15, -0.1) is 12.4 Å². The van der Waals surface area contributed by atoms with Crippen molar-refractivity contribution in [2.45, 2.75) is 192 Å². The predicted octanol–water partition coefficient (Wildman–Crippen LogP) is 6.47. The Hall–Kier alpha value is -6.74. The number of nitrogens with one attached hydrogen (secondary N) is 5. The summed E-state index contributed by atoms with van der Waals surface area (Å²) >= 11 is 12.3. The van der Waals surface area contributed by atoms with E-state index in [2.05, 4.69) is 32.7 Å². The van der Waals surface area contributed by atoms with Gasteiger partial charge >= 0.3 is 30.2 Å². The molecule has 512 valence electrons. The number of benzene rings is 2. The SMILES string of the molecule is CCOC(=O)[C@@]12C[C@H]1/C=C\COCCC[C@H](NC(=O)OC(C)(C)C)C(=O)N1C[C@H](O)C[C@H]1C(=O)N2.CCOC(=O)[C@@]12C[C@H]1/C=C\COCCC[C@H](NC(=O)OC(C)(C)C)C(=O)N1C[C@H](OC(=O)N3Cc4cccc(Cl)c4C3)C[C@H]1C(=O)N2.Cl.Clc1cccc2c1CNC2. The number of nitrogens with zero attached hydrogens (tertiary/aromatic N) is 3. The zero-order valence-electron chi connectivity index (χ0n) is 54.0. The molecule has 6 N–H and O–H groups in total. The highest BCUT2D eigenvalue weighted by Crippen LogP contribution is 2.47. The number of ether oxygens (including phenoxy) is 7. The highest BCUT2D eigenvalue weighted by atomic mass is 35.5. The van der Waals surface area contributed by atoms with E-state index in [0.29, 0.717) is 57.1 Å². The van der Waals surface area contributed by atoms with Crippen LogP contribution in [0.25, 0.3) is 0 Å². The maximum atomic E-state index is 14.2. The first-order valence-electron chi connectivity index (χ1n) is 31.6. The van der Waals surface area contributed by atoms with Crippen LogP contribution in [0, 0.1) is 11.8 Å². The summed E-state index contributed by atoms with van der Waals surface area (Å²) in [5, 5.41) is 25.9. The number of esters is 2. The fourth-order valence-corrected chi connectivity index (χ4v) is 12.6.